The van der Waals surface area contributed by atoms with Gasteiger partial charge in [0.05, 0.1) is 47.7 Å². The van der Waals surface area contributed by atoms with Gasteiger partial charge in [-0.1, -0.05) is 0 Å². The predicted octanol–water partition coefficient (Wildman–Crippen LogP) is 2.27. The Bertz CT molecular complexity index is 1070. The molecule has 1 amide bonds. The molecule has 0 atom stereocenters. The standard InChI is InChI=1S/C20H20N4O7S/c1-30-17-5-2-12(19(26)27)10-15(17)21-20(32)22-18(25)14-11-13(24(28)29)3-4-16(14)23-6-8-31-9-7-23/h2-5,10-11H,6-9H2,1H3,(H,26,27)(H2,21,22,25,32). The molecule has 32 heavy (non-hydrogen) atoms. The number of rotatable bonds is 6. The van der Waals surface area contributed by atoms with Crippen molar-refractivity contribution < 1.29 is 29.1 Å². The van der Waals surface area contributed by atoms with Crippen LogP contribution in [0.25, 0.3) is 0 Å². The van der Waals surface area contributed by atoms with Gasteiger partial charge in [-0.2, -0.15) is 0 Å². The number of amides is 1. The summed E-state index contributed by atoms with van der Waals surface area (Å²) in [5.41, 5.74) is 0.601. The minimum absolute atomic E-state index is 0.00397. The van der Waals surface area contributed by atoms with Crippen molar-refractivity contribution in [3.63, 3.8) is 0 Å². The molecule has 12 heteroatoms. The van der Waals surface area contributed by atoms with Crippen LogP contribution in [0, 0.1) is 10.1 Å². The highest BCUT2D eigenvalue weighted by atomic mass is 32.1. The monoisotopic (exact) mass is 460 g/mol. The summed E-state index contributed by atoms with van der Waals surface area (Å²) in [7, 11) is 1.40. The number of aromatic carboxylic acids is 1. The molecule has 0 radical (unpaired) electrons. The van der Waals surface area contributed by atoms with E-state index in [0.717, 1.165) is 0 Å². The fraction of sp³-hybridized carbons (Fsp3) is 0.250. The molecule has 3 N–H and O–H groups in total. The molecule has 0 aliphatic carbocycles. The minimum atomic E-state index is -1.14. The summed E-state index contributed by atoms with van der Waals surface area (Å²) < 4.78 is 10.5. The van der Waals surface area contributed by atoms with Crippen LogP contribution in [0.4, 0.5) is 17.1 Å². The van der Waals surface area contributed by atoms with Crippen molar-refractivity contribution in [3.8, 4) is 5.75 Å². The lowest BCUT2D eigenvalue weighted by atomic mass is 10.1. The number of carbonyl (C=O) groups is 2. The molecule has 168 valence electrons. The zero-order valence-electron chi connectivity index (χ0n) is 17.0. The third kappa shape index (κ3) is 5.28. The van der Waals surface area contributed by atoms with Crippen molar-refractivity contribution in [1.29, 1.82) is 0 Å². The molecule has 1 aliphatic heterocycles. The normalized spacial score (nSPS) is 13.2. The van der Waals surface area contributed by atoms with Crippen LogP contribution in [-0.4, -0.2) is 60.4 Å². The van der Waals surface area contributed by atoms with Gasteiger partial charge in [0.25, 0.3) is 11.6 Å². The lowest BCUT2D eigenvalue weighted by molar-refractivity contribution is -0.384. The number of carboxylic acids is 1. The van der Waals surface area contributed by atoms with E-state index in [9.17, 15) is 24.8 Å². The highest BCUT2D eigenvalue weighted by molar-refractivity contribution is 7.80. The van der Waals surface area contributed by atoms with Gasteiger partial charge in [-0.05, 0) is 36.5 Å². The molecular formula is C20H20N4O7S. The first-order chi connectivity index (χ1) is 15.3. The third-order valence-electron chi connectivity index (χ3n) is 4.71. The van der Waals surface area contributed by atoms with E-state index in [1.165, 1.54) is 43.5 Å². The average Bonchev–Trinajstić information content (AvgIpc) is 2.79. The molecule has 11 nitrogen and oxygen atoms in total. The van der Waals surface area contributed by atoms with Crippen molar-refractivity contribution in [2.45, 2.75) is 0 Å². The van der Waals surface area contributed by atoms with Crippen molar-refractivity contribution in [3.05, 3.63) is 57.6 Å². The summed E-state index contributed by atoms with van der Waals surface area (Å²) in [5, 5.41) is 25.5. The molecule has 0 spiro atoms. The summed E-state index contributed by atoms with van der Waals surface area (Å²) in [4.78, 5) is 36.7. The van der Waals surface area contributed by atoms with E-state index in [1.807, 2.05) is 4.90 Å². The molecule has 1 saturated heterocycles. The maximum absolute atomic E-state index is 13.0. The van der Waals surface area contributed by atoms with Crippen molar-refractivity contribution in [2.75, 3.05) is 43.6 Å². The Morgan fingerprint density at radius 2 is 1.94 bits per heavy atom. The Labute approximate surface area is 188 Å². The SMILES string of the molecule is COc1ccc(C(=O)O)cc1NC(=S)NC(=O)c1cc([N+](=O)[O-])ccc1N1CCOCC1. The smallest absolute Gasteiger partial charge is 0.335 e. The summed E-state index contributed by atoms with van der Waals surface area (Å²) in [6.07, 6.45) is 0. The van der Waals surface area contributed by atoms with Gasteiger partial charge in [-0.15, -0.1) is 0 Å². The van der Waals surface area contributed by atoms with E-state index >= 15 is 0 Å². The second-order valence-corrected chi connectivity index (χ2v) is 7.09. The van der Waals surface area contributed by atoms with Crippen molar-refractivity contribution in [2.24, 2.45) is 0 Å². The van der Waals surface area contributed by atoms with Crippen LogP contribution in [0.1, 0.15) is 20.7 Å². The molecule has 2 aromatic carbocycles. The molecular weight excluding hydrogens is 440 g/mol. The van der Waals surface area contributed by atoms with Crippen LogP contribution in [0.5, 0.6) is 5.75 Å². The molecule has 1 aliphatic rings. The number of nitro benzene ring substituents is 1. The summed E-state index contributed by atoms with van der Waals surface area (Å²) in [6.45, 7) is 2.00. The largest absolute Gasteiger partial charge is 0.495 e. The van der Waals surface area contributed by atoms with Gasteiger partial charge in [-0.3, -0.25) is 20.2 Å². The number of methoxy groups -OCH3 is 1. The number of benzene rings is 2. The van der Waals surface area contributed by atoms with Crippen LogP contribution in [0.2, 0.25) is 0 Å². The number of carboxylic acid groups (broad SMARTS) is 1. The predicted molar refractivity (Wildman–Crippen MR) is 120 cm³/mol. The van der Waals surface area contributed by atoms with Crippen LogP contribution in [0.3, 0.4) is 0 Å². The molecule has 2 aromatic rings. The fourth-order valence-electron chi connectivity index (χ4n) is 3.16. The number of nitro groups is 1. The third-order valence-corrected chi connectivity index (χ3v) is 4.91. The second kappa shape index (κ2) is 10.0. The summed E-state index contributed by atoms with van der Waals surface area (Å²) in [5.74, 6) is -1.48. The maximum Gasteiger partial charge on any atom is 0.335 e. The number of nitrogens with one attached hydrogen (secondary N) is 2. The number of thiocarbonyl (C=S) groups is 1. The van der Waals surface area contributed by atoms with Gasteiger partial charge >= 0.3 is 5.97 Å². The Kier molecular flexibility index (Phi) is 7.18. The number of morpholine rings is 1. The van der Waals surface area contributed by atoms with Crippen LogP contribution >= 0.6 is 12.2 Å². The van der Waals surface area contributed by atoms with E-state index < -0.39 is 16.8 Å². The lowest BCUT2D eigenvalue weighted by Gasteiger charge is -2.30. The van der Waals surface area contributed by atoms with E-state index in [4.69, 9.17) is 21.7 Å². The van der Waals surface area contributed by atoms with E-state index in [0.29, 0.717) is 37.7 Å². The first-order valence-electron chi connectivity index (χ1n) is 9.45. The average molecular weight is 460 g/mol. The van der Waals surface area contributed by atoms with E-state index in [-0.39, 0.29) is 27.6 Å². The second-order valence-electron chi connectivity index (χ2n) is 6.69. The van der Waals surface area contributed by atoms with Gasteiger partial charge in [0, 0.05) is 25.2 Å². The minimum Gasteiger partial charge on any atom is -0.495 e. The van der Waals surface area contributed by atoms with Crippen molar-refractivity contribution >= 4 is 46.3 Å². The number of non-ortho nitro benzene ring substituents is 1. The number of ether oxygens (including phenoxy) is 2. The Morgan fingerprint density at radius 1 is 1.22 bits per heavy atom. The van der Waals surface area contributed by atoms with Crippen LogP contribution in [-0.2, 0) is 4.74 Å². The topological polar surface area (TPSA) is 143 Å². The van der Waals surface area contributed by atoms with Gasteiger partial charge in [0.15, 0.2) is 5.11 Å². The highest BCUT2D eigenvalue weighted by Crippen LogP contribution is 2.27. The molecule has 0 bridgehead atoms. The molecule has 3 rings (SSSR count). The number of carbonyl (C=O) groups excluding carboxylic acids is 1. The fourth-order valence-corrected chi connectivity index (χ4v) is 3.36. The zero-order valence-corrected chi connectivity index (χ0v) is 17.8. The number of nitrogens with zero attached hydrogens (tertiary/aromatic N) is 2. The van der Waals surface area contributed by atoms with Crippen LogP contribution < -0.4 is 20.3 Å². The van der Waals surface area contributed by atoms with Gasteiger partial charge in [0.2, 0.25) is 0 Å². The number of hydrogen-bond donors (Lipinski definition) is 3. The summed E-state index contributed by atoms with van der Waals surface area (Å²) >= 11 is 5.20. The maximum atomic E-state index is 13.0. The van der Waals surface area contributed by atoms with Gasteiger partial charge in [-0.25, -0.2) is 4.79 Å². The highest BCUT2D eigenvalue weighted by Gasteiger charge is 2.23. The Morgan fingerprint density at radius 3 is 2.56 bits per heavy atom. The molecule has 0 unspecified atom stereocenters. The molecule has 1 heterocycles. The summed E-state index contributed by atoms with van der Waals surface area (Å²) in [6, 6.07) is 8.17. The zero-order chi connectivity index (χ0) is 23.3. The Balaban J connectivity index is 1.84. The van der Waals surface area contributed by atoms with Gasteiger partial charge < -0.3 is 24.8 Å². The molecule has 0 saturated carbocycles. The van der Waals surface area contributed by atoms with E-state index in [2.05, 4.69) is 10.6 Å². The Hall–Kier alpha value is -3.77. The first-order valence-corrected chi connectivity index (χ1v) is 9.85. The number of anilines is 2. The van der Waals surface area contributed by atoms with Crippen molar-refractivity contribution in [1.82, 2.24) is 5.32 Å². The first kappa shape index (κ1) is 22.9. The van der Waals surface area contributed by atoms with Crippen LogP contribution in [0.15, 0.2) is 36.4 Å². The molecule has 1 fully saturated rings. The molecule has 0 aromatic heterocycles. The quantitative estimate of drug-likeness (QED) is 0.334. The van der Waals surface area contributed by atoms with E-state index in [1.54, 1.807) is 0 Å². The lowest BCUT2D eigenvalue weighted by Crippen LogP contribution is -2.39. The van der Waals surface area contributed by atoms with Gasteiger partial charge in [0.1, 0.15) is 5.75 Å². The number of hydrogen-bond acceptors (Lipinski definition) is 8.